The summed E-state index contributed by atoms with van der Waals surface area (Å²) in [5, 5.41) is 0. The minimum atomic E-state index is 0.663. The molecule has 0 fully saturated rings. The van der Waals surface area contributed by atoms with Crippen LogP contribution in [-0.2, 0) is 4.79 Å². The fraction of sp³-hybridized carbons (Fsp3) is 0.100. The van der Waals surface area contributed by atoms with E-state index in [1.807, 2.05) is 36.4 Å². The Balaban J connectivity index is 2.88. The van der Waals surface area contributed by atoms with Crippen LogP contribution < -0.4 is 0 Å². The average Bonchev–Trinajstić information content (AvgIpc) is 2.06. The summed E-state index contributed by atoms with van der Waals surface area (Å²) in [4.78, 5) is 13.3. The Bertz CT molecular complexity index is 321. The molecular weight excluding hydrogens is 150 g/mol. The highest BCUT2D eigenvalue weighted by Crippen LogP contribution is 2.05. The summed E-state index contributed by atoms with van der Waals surface area (Å²) in [7, 11) is 0. The van der Waals surface area contributed by atoms with E-state index in [4.69, 9.17) is 0 Å². The zero-order chi connectivity index (χ0) is 8.81. The van der Waals surface area contributed by atoms with Crippen molar-refractivity contribution >= 4 is 12.2 Å². The van der Waals surface area contributed by atoms with Crippen LogP contribution >= 0.6 is 0 Å². The number of aliphatic imine (C=N–C) groups is 1. The molecule has 0 atom stereocenters. The van der Waals surface area contributed by atoms with Gasteiger partial charge in [-0.2, -0.15) is 4.99 Å². The zero-order valence-electron chi connectivity index (χ0n) is 6.82. The fourth-order valence-corrected chi connectivity index (χ4v) is 0.895. The molecule has 0 N–H and O–H groups in total. The van der Waals surface area contributed by atoms with Gasteiger partial charge in [0.2, 0.25) is 6.08 Å². The maximum absolute atomic E-state index is 9.87. The summed E-state index contributed by atoms with van der Waals surface area (Å²) >= 11 is 0. The van der Waals surface area contributed by atoms with E-state index >= 15 is 0 Å². The molecule has 0 unspecified atom stereocenters. The molecule has 12 heavy (non-hydrogen) atoms. The molecule has 0 heterocycles. The summed E-state index contributed by atoms with van der Waals surface area (Å²) in [6.45, 7) is 1.76. The number of carbonyl (C=O) groups excluding carboxylic acids is 1. The minimum Gasteiger partial charge on any atom is -0.211 e. The summed E-state index contributed by atoms with van der Waals surface area (Å²) in [6.07, 6.45) is 3.32. The van der Waals surface area contributed by atoms with Crippen LogP contribution in [0.2, 0.25) is 0 Å². The van der Waals surface area contributed by atoms with Crippen LogP contribution in [0.15, 0.2) is 41.0 Å². The summed E-state index contributed by atoms with van der Waals surface area (Å²) in [5.74, 6) is 0. The third kappa shape index (κ3) is 2.52. The average molecular weight is 159 g/mol. The molecule has 0 saturated carbocycles. The van der Waals surface area contributed by atoms with Crippen molar-refractivity contribution in [3.05, 3.63) is 41.6 Å². The Hall–Kier alpha value is -1.66. The second-order valence-electron chi connectivity index (χ2n) is 2.40. The highest BCUT2D eigenvalue weighted by molar-refractivity contribution is 5.53. The predicted octanol–water partition coefficient (Wildman–Crippen LogP) is 2.38. The molecule has 1 rings (SSSR count). The lowest BCUT2D eigenvalue weighted by atomic mass is 10.2. The van der Waals surface area contributed by atoms with Gasteiger partial charge in [0.05, 0.1) is 5.70 Å². The first-order chi connectivity index (χ1) is 5.83. The van der Waals surface area contributed by atoms with Crippen molar-refractivity contribution < 1.29 is 4.79 Å². The molecule has 60 valence electrons. The van der Waals surface area contributed by atoms with Gasteiger partial charge in [0, 0.05) is 0 Å². The lowest BCUT2D eigenvalue weighted by molar-refractivity contribution is 0.564. The van der Waals surface area contributed by atoms with Gasteiger partial charge in [-0.3, -0.25) is 0 Å². The molecule has 1 aromatic rings. The third-order valence-electron chi connectivity index (χ3n) is 1.40. The highest BCUT2D eigenvalue weighted by atomic mass is 16.1. The molecule has 1 aromatic carbocycles. The van der Waals surface area contributed by atoms with Gasteiger partial charge < -0.3 is 0 Å². The maximum Gasteiger partial charge on any atom is 0.240 e. The van der Waals surface area contributed by atoms with E-state index in [1.54, 1.807) is 6.92 Å². The van der Waals surface area contributed by atoms with Crippen molar-refractivity contribution in [3.8, 4) is 0 Å². The van der Waals surface area contributed by atoms with Crippen LogP contribution in [0.1, 0.15) is 12.5 Å². The second-order valence-corrected chi connectivity index (χ2v) is 2.40. The highest BCUT2D eigenvalue weighted by Gasteiger charge is 1.86. The van der Waals surface area contributed by atoms with Gasteiger partial charge in [-0.15, -0.1) is 0 Å². The van der Waals surface area contributed by atoms with E-state index < -0.39 is 0 Å². The Morgan fingerprint density at radius 1 is 1.42 bits per heavy atom. The first kappa shape index (κ1) is 8.44. The SMILES string of the molecule is C/C(=C/c1ccccc1)N=C=O. The quantitative estimate of drug-likeness (QED) is 0.481. The van der Waals surface area contributed by atoms with Crippen molar-refractivity contribution in [3.63, 3.8) is 0 Å². The van der Waals surface area contributed by atoms with Gasteiger partial charge in [-0.05, 0) is 18.6 Å². The van der Waals surface area contributed by atoms with E-state index in [0.29, 0.717) is 5.70 Å². The molecule has 0 aromatic heterocycles. The Morgan fingerprint density at radius 2 is 2.08 bits per heavy atom. The maximum atomic E-state index is 9.87. The number of isocyanates is 1. The molecule has 2 heteroatoms. The van der Waals surface area contributed by atoms with Gasteiger partial charge in [-0.25, -0.2) is 4.79 Å². The zero-order valence-corrected chi connectivity index (χ0v) is 6.82. The molecule has 0 aliphatic heterocycles. The first-order valence-corrected chi connectivity index (χ1v) is 3.64. The van der Waals surface area contributed by atoms with E-state index in [0.717, 1.165) is 5.56 Å². The van der Waals surface area contributed by atoms with Crippen molar-refractivity contribution in [2.75, 3.05) is 0 Å². The van der Waals surface area contributed by atoms with Gasteiger partial charge in [0.1, 0.15) is 0 Å². The number of allylic oxidation sites excluding steroid dienone is 1. The second kappa shape index (κ2) is 4.27. The Labute approximate surface area is 71.3 Å². The van der Waals surface area contributed by atoms with Gasteiger partial charge >= 0.3 is 0 Å². The van der Waals surface area contributed by atoms with E-state index in [1.165, 1.54) is 6.08 Å². The number of nitrogens with zero attached hydrogens (tertiary/aromatic N) is 1. The minimum absolute atomic E-state index is 0.663. The van der Waals surface area contributed by atoms with Crippen LogP contribution in [0, 0.1) is 0 Å². The summed E-state index contributed by atoms with van der Waals surface area (Å²) < 4.78 is 0. The molecule has 0 radical (unpaired) electrons. The normalized spacial score (nSPS) is 10.6. The van der Waals surface area contributed by atoms with Crippen LogP contribution in [-0.4, -0.2) is 6.08 Å². The molecule has 2 nitrogen and oxygen atoms in total. The molecular formula is C10H9NO. The van der Waals surface area contributed by atoms with Crippen LogP contribution in [0.25, 0.3) is 6.08 Å². The van der Waals surface area contributed by atoms with Crippen molar-refractivity contribution in [2.45, 2.75) is 6.92 Å². The molecule has 0 aliphatic carbocycles. The van der Waals surface area contributed by atoms with Crippen molar-refractivity contribution in [1.82, 2.24) is 0 Å². The summed E-state index contributed by atoms with van der Waals surface area (Å²) in [6, 6.07) is 9.71. The van der Waals surface area contributed by atoms with Crippen LogP contribution in [0.5, 0.6) is 0 Å². The van der Waals surface area contributed by atoms with Crippen molar-refractivity contribution in [1.29, 1.82) is 0 Å². The standard InChI is InChI=1S/C10H9NO/c1-9(11-8-12)7-10-5-3-2-4-6-10/h2-7H,1H3/b9-7-. The predicted molar refractivity (Wildman–Crippen MR) is 48.2 cm³/mol. The molecule has 0 bridgehead atoms. The van der Waals surface area contributed by atoms with E-state index in [9.17, 15) is 4.79 Å². The van der Waals surface area contributed by atoms with E-state index in [2.05, 4.69) is 4.99 Å². The smallest absolute Gasteiger partial charge is 0.211 e. The van der Waals surface area contributed by atoms with Gasteiger partial charge in [0.15, 0.2) is 0 Å². The lowest BCUT2D eigenvalue weighted by Crippen LogP contribution is -1.72. The number of hydrogen-bond acceptors (Lipinski definition) is 2. The molecule has 0 aliphatic rings. The van der Waals surface area contributed by atoms with Gasteiger partial charge in [-0.1, -0.05) is 30.3 Å². The number of hydrogen-bond donors (Lipinski definition) is 0. The Kier molecular flexibility index (Phi) is 3.00. The molecule has 0 spiro atoms. The van der Waals surface area contributed by atoms with Gasteiger partial charge in [0.25, 0.3) is 0 Å². The lowest BCUT2D eigenvalue weighted by Gasteiger charge is -1.91. The number of benzene rings is 1. The summed E-state index contributed by atoms with van der Waals surface area (Å²) in [5.41, 5.74) is 1.70. The third-order valence-corrected chi connectivity index (χ3v) is 1.40. The van der Waals surface area contributed by atoms with Crippen molar-refractivity contribution in [2.24, 2.45) is 4.99 Å². The number of rotatable bonds is 2. The molecule has 0 amide bonds. The monoisotopic (exact) mass is 159 g/mol. The molecule has 0 saturated heterocycles. The van der Waals surface area contributed by atoms with Crippen LogP contribution in [0.3, 0.4) is 0 Å². The topological polar surface area (TPSA) is 29.4 Å². The Morgan fingerprint density at radius 3 is 2.67 bits per heavy atom. The van der Waals surface area contributed by atoms with E-state index in [-0.39, 0.29) is 0 Å². The van der Waals surface area contributed by atoms with Crippen LogP contribution in [0.4, 0.5) is 0 Å². The fourth-order valence-electron chi connectivity index (χ4n) is 0.895. The first-order valence-electron chi connectivity index (χ1n) is 3.64. The largest absolute Gasteiger partial charge is 0.240 e.